The second-order valence-electron chi connectivity index (χ2n) is 9.68. The predicted molar refractivity (Wildman–Crippen MR) is 136 cm³/mol. The van der Waals surface area contributed by atoms with Gasteiger partial charge < -0.3 is 24.7 Å². The van der Waals surface area contributed by atoms with E-state index in [-0.39, 0.29) is 27.7 Å². The van der Waals surface area contributed by atoms with Crippen LogP contribution >= 0.6 is 0 Å². The lowest BCUT2D eigenvalue weighted by atomic mass is 9.84. The minimum absolute atomic E-state index is 0.107. The van der Waals surface area contributed by atoms with Crippen LogP contribution in [0.5, 0.6) is 17.2 Å². The quantitative estimate of drug-likeness (QED) is 0.343. The molecule has 2 aromatic carbocycles. The predicted octanol–water partition coefficient (Wildman–Crippen LogP) is 5.16. The molecule has 4 rings (SSSR count). The fraction of sp³-hybridized carbons (Fsp3) is 0.286. The minimum atomic E-state index is -1.28. The normalized spacial score (nSPS) is 12.6. The van der Waals surface area contributed by atoms with Crippen LogP contribution < -0.4 is 14.9 Å². The lowest BCUT2D eigenvalue weighted by molar-refractivity contribution is 0.0934. The monoisotopic (exact) mass is 492 g/mol. The number of hydrogen-bond acceptors (Lipinski definition) is 6. The fourth-order valence-electron chi connectivity index (χ4n) is 4.16. The summed E-state index contributed by atoms with van der Waals surface area (Å²) in [5, 5.41) is 19.7. The summed E-state index contributed by atoms with van der Waals surface area (Å²) in [6, 6.07) is 11.0. The second kappa shape index (κ2) is 9.72. The van der Waals surface area contributed by atoms with E-state index in [1.54, 1.807) is 6.07 Å². The van der Waals surface area contributed by atoms with Crippen LogP contribution in [0, 0.1) is 12.7 Å². The Morgan fingerprint density at radius 2 is 1.83 bits per heavy atom. The maximum absolute atomic E-state index is 13.8. The molecule has 2 heterocycles. The van der Waals surface area contributed by atoms with E-state index in [2.05, 4.69) is 30.7 Å². The fourth-order valence-corrected chi connectivity index (χ4v) is 4.16. The van der Waals surface area contributed by atoms with Crippen LogP contribution in [-0.4, -0.2) is 33.9 Å². The maximum Gasteiger partial charge on any atom is 0.191 e. The molecule has 0 aliphatic rings. The lowest BCUT2D eigenvalue weighted by Crippen LogP contribution is -2.14. The Morgan fingerprint density at radius 1 is 1.08 bits per heavy atom. The number of nitrogens with zero attached hydrogens (tertiary/aromatic N) is 1. The highest BCUT2D eigenvalue weighted by Crippen LogP contribution is 2.41. The first kappa shape index (κ1) is 25.3. The van der Waals surface area contributed by atoms with Crippen LogP contribution in [0.3, 0.4) is 0 Å². The summed E-state index contributed by atoms with van der Waals surface area (Å²) in [4.78, 5) is 20.6. The van der Waals surface area contributed by atoms with Crippen LogP contribution in [0.2, 0.25) is 0 Å². The topological polar surface area (TPSA) is 105 Å². The number of aliphatic hydroxyl groups is 2. The molecule has 188 valence electrons. The van der Waals surface area contributed by atoms with Crippen molar-refractivity contribution in [3.8, 4) is 28.5 Å². The Labute approximate surface area is 208 Å². The van der Waals surface area contributed by atoms with Gasteiger partial charge in [0.1, 0.15) is 17.7 Å². The van der Waals surface area contributed by atoms with Gasteiger partial charge >= 0.3 is 0 Å². The summed E-state index contributed by atoms with van der Waals surface area (Å²) in [6.07, 6.45) is 0.186. The van der Waals surface area contributed by atoms with Crippen molar-refractivity contribution in [3.63, 3.8) is 0 Å². The molecular weight excluding hydrogens is 463 g/mol. The standard InChI is InChI=1S/C28H29FN2O5/c1-15-10-16(28(2,3)4)11-24(36-22-7-6-17(29)12-23(22)35-5)25(15)19-13-20(33)26-18(31-19)8-9-30-27(26)21(34)14-32/h6-13,21,32,34H,14H2,1-5H3,(H,31,33)/t21-/m0/s1. The van der Waals surface area contributed by atoms with Crippen molar-refractivity contribution in [3.05, 3.63) is 81.5 Å². The number of aliphatic hydroxyl groups excluding tert-OH is 2. The lowest BCUT2D eigenvalue weighted by Gasteiger charge is -2.24. The number of rotatable bonds is 6. The number of aromatic nitrogens is 2. The van der Waals surface area contributed by atoms with E-state index in [0.717, 1.165) is 11.1 Å². The van der Waals surface area contributed by atoms with Crippen LogP contribution in [0.1, 0.15) is 43.7 Å². The van der Waals surface area contributed by atoms with Gasteiger partial charge in [-0.25, -0.2) is 4.39 Å². The van der Waals surface area contributed by atoms with Crippen molar-refractivity contribution in [1.82, 2.24) is 9.97 Å². The maximum atomic E-state index is 13.8. The van der Waals surface area contributed by atoms with Crippen LogP contribution in [0.4, 0.5) is 4.39 Å². The van der Waals surface area contributed by atoms with E-state index in [0.29, 0.717) is 28.3 Å². The molecule has 0 spiro atoms. The number of H-pyrrole nitrogens is 1. The van der Waals surface area contributed by atoms with Crippen LogP contribution in [-0.2, 0) is 5.41 Å². The number of pyridine rings is 2. The number of benzene rings is 2. The van der Waals surface area contributed by atoms with Gasteiger partial charge in [0.2, 0.25) is 0 Å². The SMILES string of the molecule is COc1cc(F)ccc1Oc1cc(C(C)(C)C)cc(C)c1-c1cc(=O)c2c([C@@H](O)CO)nccc2[nH]1. The van der Waals surface area contributed by atoms with Gasteiger partial charge in [-0.3, -0.25) is 9.78 Å². The number of fused-ring (bicyclic) bond motifs is 1. The molecule has 0 aliphatic heterocycles. The highest BCUT2D eigenvalue weighted by molar-refractivity contribution is 5.85. The molecule has 7 nitrogen and oxygen atoms in total. The molecule has 2 aromatic heterocycles. The molecule has 0 radical (unpaired) electrons. The summed E-state index contributed by atoms with van der Waals surface area (Å²) >= 11 is 0. The number of aromatic amines is 1. The first-order chi connectivity index (χ1) is 17.0. The number of aryl methyl sites for hydroxylation is 1. The zero-order chi connectivity index (χ0) is 26.2. The van der Waals surface area contributed by atoms with E-state index in [1.807, 2.05) is 19.1 Å². The third-order valence-electron chi connectivity index (χ3n) is 6.04. The third-order valence-corrected chi connectivity index (χ3v) is 6.04. The smallest absolute Gasteiger partial charge is 0.191 e. The summed E-state index contributed by atoms with van der Waals surface area (Å²) in [6.45, 7) is 7.63. The molecule has 0 bridgehead atoms. The van der Waals surface area contributed by atoms with E-state index >= 15 is 0 Å². The highest BCUT2D eigenvalue weighted by Gasteiger charge is 2.22. The molecule has 0 unspecified atom stereocenters. The van der Waals surface area contributed by atoms with Gasteiger partial charge in [0, 0.05) is 23.9 Å². The van der Waals surface area contributed by atoms with Gasteiger partial charge in [-0.1, -0.05) is 26.8 Å². The Balaban J connectivity index is 1.96. The number of nitrogens with one attached hydrogen (secondary N) is 1. The molecule has 0 fully saturated rings. The van der Waals surface area contributed by atoms with Gasteiger partial charge in [-0.05, 0) is 47.7 Å². The Morgan fingerprint density at radius 3 is 2.50 bits per heavy atom. The zero-order valence-electron chi connectivity index (χ0n) is 20.8. The average molecular weight is 493 g/mol. The van der Waals surface area contributed by atoms with Crippen molar-refractivity contribution in [2.24, 2.45) is 0 Å². The van der Waals surface area contributed by atoms with Crippen molar-refractivity contribution < 1.29 is 24.1 Å². The summed E-state index contributed by atoms with van der Waals surface area (Å²) in [7, 11) is 1.44. The highest BCUT2D eigenvalue weighted by atomic mass is 19.1. The van der Waals surface area contributed by atoms with Crippen molar-refractivity contribution >= 4 is 10.9 Å². The Kier molecular flexibility index (Phi) is 6.84. The van der Waals surface area contributed by atoms with E-state index in [4.69, 9.17) is 9.47 Å². The molecule has 8 heteroatoms. The van der Waals surface area contributed by atoms with Gasteiger partial charge in [-0.2, -0.15) is 0 Å². The zero-order valence-corrected chi connectivity index (χ0v) is 20.8. The minimum Gasteiger partial charge on any atom is -0.493 e. The molecule has 1 atom stereocenters. The first-order valence-corrected chi connectivity index (χ1v) is 11.5. The summed E-state index contributed by atoms with van der Waals surface area (Å²) in [5.74, 6) is 0.573. The van der Waals surface area contributed by atoms with Crippen molar-refractivity contribution in [2.75, 3.05) is 13.7 Å². The van der Waals surface area contributed by atoms with Gasteiger partial charge in [-0.15, -0.1) is 0 Å². The van der Waals surface area contributed by atoms with Gasteiger partial charge in [0.15, 0.2) is 16.9 Å². The van der Waals surface area contributed by atoms with Crippen LogP contribution in [0.25, 0.3) is 22.2 Å². The largest absolute Gasteiger partial charge is 0.493 e. The molecule has 3 N–H and O–H groups in total. The van der Waals surface area contributed by atoms with Crippen LogP contribution in [0.15, 0.2) is 53.5 Å². The molecule has 0 aliphatic carbocycles. The van der Waals surface area contributed by atoms with Gasteiger partial charge in [0.05, 0.1) is 36.0 Å². The van der Waals surface area contributed by atoms with E-state index < -0.39 is 18.5 Å². The average Bonchev–Trinajstić information content (AvgIpc) is 2.83. The molecular formula is C28H29FN2O5. The summed E-state index contributed by atoms with van der Waals surface area (Å²) < 4.78 is 25.4. The summed E-state index contributed by atoms with van der Waals surface area (Å²) in [5.41, 5.74) is 3.03. The van der Waals surface area contributed by atoms with E-state index in [1.165, 1.54) is 37.6 Å². The van der Waals surface area contributed by atoms with Gasteiger partial charge in [0.25, 0.3) is 0 Å². The number of hydrogen-bond donors (Lipinski definition) is 3. The van der Waals surface area contributed by atoms with E-state index in [9.17, 15) is 19.4 Å². The Bertz CT molecular complexity index is 1490. The number of methoxy groups -OCH3 is 1. The third kappa shape index (κ3) is 4.82. The van der Waals surface area contributed by atoms with Crippen molar-refractivity contribution in [1.29, 1.82) is 0 Å². The molecule has 36 heavy (non-hydrogen) atoms. The second-order valence-corrected chi connectivity index (χ2v) is 9.68. The molecule has 0 saturated carbocycles. The molecule has 4 aromatic rings. The molecule has 0 saturated heterocycles. The van der Waals surface area contributed by atoms with Crippen molar-refractivity contribution in [2.45, 2.75) is 39.2 Å². The number of halogens is 1. The Hall–Kier alpha value is -3.75. The first-order valence-electron chi connectivity index (χ1n) is 11.5. The molecule has 0 amide bonds. The number of ether oxygens (including phenoxy) is 2.